The van der Waals surface area contributed by atoms with E-state index in [9.17, 15) is 52.4 Å². The van der Waals surface area contributed by atoms with Gasteiger partial charge in [-0.15, -0.1) is 0 Å². The van der Waals surface area contributed by atoms with Crippen molar-refractivity contribution < 1.29 is 42.0 Å². The lowest BCUT2D eigenvalue weighted by atomic mass is 9.62. The molecule has 0 bridgehead atoms. The maximum Gasteiger partial charge on any atom is 0.391 e. The number of alkyl halides is 3. The summed E-state index contributed by atoms with van der Waals surface area (Å²) in [6.45, 7) is 0. The molecule has 0 radical (unpaired) electrons. The van der Waals surface area contributed by atoms with Crippen molar-refractivity contribution in [3.8, 4) is 11.5 Å². The molecule has 0 heterocycles. The standard InChI is InChI=1S/C19H15F5N2O6/c20-12-4-10(6-14(16(12)27)25(29)30)18(3-1-2-9(8-18)19(22,23)24)11-5-13(21)17(28)15(7-11)26(31)32/h4-7,9,27-28H,1-3,8H2. The van der Waals surface area contributed by atoms with E-state index in [-0.39, 0.29) is 30.4 Å². The number of phenolic OH excluding ortho intramolecular Hbond substituents is 2. The number of nitro groups is 2. The molecule has 172 valence electrons. The van der Waals surface area contributed by atoms with E-state index in [0.29, 0.717) is 24.3 Å². The first-order valence-corrected chi connectivity index (χ1v) is 9.19. The van der Waals surface area contributed by atoms with Gasteiger partial charge in [0.1, 0.15) is 0 Å². The first kappa shape index (κ1) is 23.2. The van der Waals surface area contributed by atoms with Crippen molar-refractivity contribution in [1.82, 2.24) is 0 Å². The molecule has 1 unspecified atom stereocenters. The van der Waals surface area contributed by atoms with Crippen molar-refractivity contribution in [3.63, 3.8) is 0 Å². The number of nitrogens with zero attached hydrogens (tertiary/aromatic N) is 2. The third kappa shape index (κ3) is 3.89. The molecule has 13 heteroatoms. The van der Waals surface area contributed by atoms with Crippen LogP contribution >= 0.6 is 0 Å². The summed E-state index contributed by atoms with van der Waals surface area (Å²) in [6.07, 6.45) is -6.14. The molecule has 0 aromatic heterocycles. The molecule has 0 spiro atoms. The summed E-state index contributed by atoms with van der Waals surface area (Å²) in [5.74, 6) is -7.61. The summed E-state index contributed by atoms with van der Waals surface area (Å²) in [6, 6.07) is 2.54. The minimum absolute atomic E-state index is 0.114. The van der Waals surface area contributed by atoms with Crippen molar-refractivity contribution >= 4 is 11.4 Å². The van der Waals surface area contributed by atoms with E-state index in [1.165, 1.54) is 0 Å². The minimum atomic E-state index is -4.71. The number of hydrogen-bond donors (Lipinski definition) is 2. The minimum Gasteiger partial charge on any atom is -0.500 e. The van der Waals surface area contributed by atoms with Gasteiger partial charge in [0.2, 0.25) is 11.5 Å². The number of nitro benzene ring substituents is 2. The quantitative estimate of drug-likeness (QED) is 0.364. The summed E-state index contributed by atoms with van der Waals surface area (Å²) in [5, 5.41) is 41.8. The monoisotopic (exact) mass is 462 g/mol. The number of rotatable bonds is 4. The van der Waals surface area contributed by atoms with Gasteiger partial charge in [-0.05, 0) is 42.5 Å². The second kappa shape index (κ2) is 7.88. The molecule has 2 aromatic rings. The van der Waals surface area contributed by atoms with Gasteiger partial charge in [0.25, 0.3) is 0 Å². The number of benzene rings is 2. The van der Waals surface area contributed by atoms with E-state index in [1.807, 2.05) is 0 Å². The van der Waals surface area contributed by atoms with Gasteiger partial charge in [-0.1, -0.05) is 6.42 Å². The second-order valence-electron chi connectivity index (χ2n) is 7.58. The van der Waals surface area contributed by atoms with Crippen LogP contribution in [0.15, 0.2) is 24.3 Å². The molecular formula is C19H15F5N2O6. The zero-order chi connectivity index (χ0) is 24.0. The van der Waals surface area contributed by atoms with Crippen LogP contribution in [0, 0.1) is 37.8 Å². The maximum absolute atomic E-state index is 14.3. The summed E-state index contributed by atoms with van der Waals surface area (Å²) in [7, 11) is 0. The number of aromatic hydroxyl groups is 2. The summed E-state index contributed by atoms with van der Waals surface area (Å²) in [4.78, 5) is 20.2. The third-order valence-electron chi connectivity index (χ3n) is 5.80. The number of hydrogen-bond acceptors (Lipinski definition) is 6. The Morgan fingerprint density at radius 2 is 1.34 bits per heavy atom. The molecule has 2 N–H and O–H groups in total. The van der Waals surface area contributed by atoms with Gasteiger partial charge in [-0.2, -0.15) is 13.2 Å². The highest BCUT2D eigenvalue weighted by Gasteiger charge is 2.50. The fraction of sp³-hybridized carbons (Fsp3) is 0.368. The molecule has 8 nitrogen and oxygen atoms in total. The number of halogens is 5. The molecule has 1 fully saturated rings. The van der Waals surface area contributed by atoms with Gasteiger partial charge in [-0.25, -0.2) is 8.78 Å². The predicted octanol–water partition coefficient (Wildman–Crippen LogP) is 5.23. The van der Waals surface area contributed by atoms with Crippen LogP contribution in [-0.2, 0) is 5.41 Å². The SMILES string of the molecule is O=[N+]([O-])c1cc(C2(c3cc(F)c(O)c([N+](=O)[O-])c3)CCCC(C(F)(F)F)C2)cc(F)c1O. The lowest BCUT2D eigenvalue weighted by molar-refractivity contribution is -0.386. The van der Waals surface area contributed by atoms with Crippen LogP contribution in [-0.4, -0.2) is 26.2 Å². The van der Waals surface area contributed by atoms with Gasteiger partial charge in [0.05, 0.1) is 15.8 Å². The zero-order valence-electron chi connectivity index (χ0n) is 16.0. The molecule has 3 rings (SSSR count). The molecule has 32 heavy (non-hydrogen) atoms. The lowest BCUT2D eigenvalue weighted by Crippen LogP contribution is -2.39. The van der Waals surface area contributed by atoms with Crippen LogP contribution < -0.4 is 0 Å². The molecule has 0 aliphatic heterocycles. The first-order valence-electron chi connectivity index (χ1n) is 9.19. The number of phenols is 2. The lowest BCUT2D eigenvalue weighted by Gasteiger charge is -2.42. The Morgan fingerprint density at radius 3 is 1.72 bits per heavy atom. The summed E-state index contributed by atoms with van der Waals surface area (Å²) >= 11 is 0. The van der Waals surface area contributed by atoms with Gasteiger partial charge < -0.3 is 10.2 Å². The highest BCUT2D eigenvalue weighted by molar-refractivity contribution is 5.57. The molecule has 1 atom stereocenters. The van der Waals surface area contributed by atoms with Crippen molar-refractivity contribution in [2.75, 3.05) is 0 Å². The topological polar surface area (TPSA) is 127 Å². The van der Waals surface area contributed by atoms with E-state index in [4.69, 9.17) is 0 Å². The van der Waals surface area contributed by atoms with Crippen LogP contribution in [0.3, 0.4) is 0 Å². The van der Waals surface area contributed by atoms with Crippen LogP contribution in [0.2, 0.25) is 0 Å². The fourth-order valence-corrected chi connectivity index (χ4v) is 4.25. The summed E-state index contributed by atoms with van der Waals surface area (Å²) in [5.41, 5.74) is -4.93. The Bertz CT molecular complexity index is 1040. The van der Waals surface area contributed by atoms with Crippen molar-refractivity contribution in [1.29, 1.82) is 0 Å². The van der Waals surface area contributed by atoms with Gasteiger partial charge in [-0.3, -0.25) is 20.2 Å². The van der Waals surface area contributed by atoms with Gasteiger partial charge in [0, 0.05) is 17.5 Å². The Labute approximate surface area is 176 Å². The van der Waals surface area contributed by atoms with Crippen LogP contribution in [0.4, 0.5) is 33.3 Å². The first-order chi connectivity index (χ1) is 14.8. The van der Waals surface area contributed by atoms with E-state index >= 15 is 0 Å². The van der Waals surface area contributed by atoms with E-state index < -0.39 is 68.3 Å². The van der Waals surface area contributed by atoms with Crippen LogP contribution in [0.5, 0.6) is 11.5 Å². The molecule has 1 saturated carbocycles. The summed E-state index contributed by atoms with van der Waals surface area (Å²) < 4.78 is 69.4. The maximum atomic E-state index is 14.3. The largest absolute Gasteiger partial charge is 0.500 e. The third-order valence-corrected chi connectivity index (χ3v) is 5.80. The Morgan fingerprint density at radius 1 is 0.906 bits per heavy atom. The van der Waals surface area contributed by atoms with Gasteiger partial charge >= 0.3 is 17.6 Å². The van der Waals surface area contributed by atoms with Gasteiger partial charge in [0.15, 0.2) is 11.6 Å². The Kier molecular flexibility index (Phi) is 5.70. The van der Waals surface area contributed by atoms with Crippen LogP contribution in [0.1, 0.15) is 36.8 Å². The molecule has 1 aliphatic carbocycles. The van der Waals surface area contributed by atoms with Crippen molar-refractivity contribution in [2.24, 2.45) is 5.92 Å². The normalized spacial score (nSPS) is 18.3. The van der Waals surface area contributed by atoms with Crippen molar-refractivity contribution in [3.05, 3.63) is 67.3 Å². The molecule has 0 saturated heterocycles. The van der Waals surface area contributed by atoms with E-state index in [2.05, 4.69) is 0 Å². The van der Waals surface area contributed by atoms with Crippen LogP contribution in [0.25, 0.3) is 0 Å². The average Bonchev–Trinajstić information content (AvgIpc) is 2.70. The highest BCUT2D eigenvalue weighted by atomic mass is 19.4. The van der Waals surface area contributed by atoms with E-state index in [0.717, 1.165) is 0 Å². The highest BCUT2D eigenvalue weighted by Crippen LogP contribution is 2.53. The fourth-order valence-electron chi connectivity index (χ4n) is 4.25. The molecule has 2 aromatic carbocycles. The molecule has 0 amide bonds. The predicted molar refractivity (Wildman–Crippen MR) is 98.2 cm³/mol. The van der Waals surface area contributed by atoms with Crippen molar-refractivity contribution in [2.45, 2.75) is 37.3 Å². The average molecular weight is 462 g/mol. The smallest absolute Gasteiger partial charge is 0.391 e. The molecule has 1 aliphatic rings. The zero-order valence-corrected chi connectivity index (χ0v) is 16.0. The second-order valence-corrected chi connectivity index (χ2v) is 7.58. The Hall–Kier alpha value is -3.51. The molecular weight excluding hydrogens is 447 g/mol. The Balaban J connectivity index is 2.35. The van der Waals surface area contributed by atoms with E-state index in [1.54, 1.807) is 0 Å².